The third-order valence-electron chi connectivity index (χ3n) is 3.34. The number of hydrogen-bond donors (Lipinski definition) is 1. The van der Waals surface area contributed by atoms with Crippen molar-refractivity contribution in [2.24, 2.45) is 0 Å². The van der Waals surface area contributed by atoms with E-state index in [9.17, 15) is 4.79 Å². The van der Waals surface area contributed by atoms with Crippen molar-refractivity contribution in [1.29, 1.82) is 0 Å². The van der Waals surface area contributed by atoms with Crippen LogP contribution in [0.5, 0.6) is 0 Å². The molecule has 1 aromatic heterocycles. The van der Waals surface area contributed by atoms with E-state index in [1.165, 1.54) is 5.56 Å². The largest absolute Gasteiger partial charge is 0.347 e. The lowest BCUT2D eigenvalue weighted by Crippen LogP contribution is -2.43. The SMILES string of the molecule is CC(C)(CCc1ccccc1)NC(=O)c1cccnc1Cl. The van der Waals surface area contributed by atoms with Gasteiger partial charge in [-0.05, 0) is 44.4 Å². The van der Waals surface area contributed by atoms with Crippen molar-refractivity contribution in [3.8, 4) is 0 Å². The van der Waals surface area contributed by atoms with Gasteiger partial charge in [-0.2, -0.15) is 0 Å². The Balaban J connectivity index is 1.97. The molecule has 0 bridgehead atoms. The molecule has 2 rings (SSSR count). The van der Waals surface area contributed by atoms with E-state index >= 15 is 0 Å². The molecule has 110 valence electrons. The minimum Gasteiger partial charge on any atom is -0.347 e. The van der Waals surface area contributed by atoms with Crippen LogP contribution >= 0.6 is 11.6 Å². The van der Waals surface area contributed by atoms with Crippen molar-refractivity contribution in [3.63, 3.8) is 0 Å². The van der Waals surface area contributed by atoms with Crippen molar-refractivity contribution in [1.82, 2.24) is 10.3 Å². The van der Waals surface area contributed by atoms with E-state index in [1.807, 2.05) is 32.0 Å². The first-order chi connectivity index (χ1) is 9.98. The van der Waals surface area contributed by atoms with Gasteiger partial charge in [-0.15, -0.1) is 0 Å². The fourth-order valence-electron chi connectivity index (χ4n) is 2.09. The smallest absolute Gasteiger partial charge is 0.254 e. The van der Waals surface area contributed by atoms with Crippen LogP contribution in [0.1, 0.15) is 36.2 Å². The lowest BCUT2D eigenvalue weighted by atomic mass is 9.95. The maximum absolute atomic E-state index is 12.3. The molecule has 1 amide bonds. The summed E-state index contributed by atoms with van der Waals surface area (Å²) in [5.74, 6) is -0.189. The van der Waals surface area contributed by atoms with Gasteiger partial charge in [0.15, 0.2) is 0 Å². The number of carbonyl (C=O) groups is 1. The topological polar surface area (TPSA) is 42.0 Å². The zero-order chi connectivity index (χ0) is 15.3. The normalized spacial score (nSPS) is 11.2. The molecular formula is C17H19ClN2O. The van der Waals surface area contributed by atoms with Gasteiger partial charge >= 0.3 is 0 Å². The highest BCUT2D eigenvalue weighted by molar-refractivity contribution is 6.32. The van der Waals surface area contributed by atoms with Gasteiger partial charge < -0.3 is 5.32 Å². The number of aromatic nitrogens is 1. The average molecular weight is 303 g/mol. The molecule has 2 aromatic rings. The standard InChI is InChI=1S/C17H19ClN2O/c1-17(2,11-10-13-7-4-3-5-8-13)20-16(21)14-9-6-12-19-15(14)18/h3-9,12H,10-11H2,1-2H3,(H,20,21). The monoisotopic (exact) mass is 302 g/mol. The lowest BCUT2D eigenvalue weighted by molar-refractivity contribution is 0.0909. The Morgan fingerprint density at radius 2 is 1.90 bits per heavy atom. The van der Waals surface area contributed by atoms with Crippen molar-refractivity contribution in [2.45, 2.75) is 32.2 Å². The van der Waals surface area contributed by atoms with Crippen LogP contribution in [0.3, 0.4) is 0 Å². The summed E-state index contributed by atoms with van der Waals surface area (Å²) in [7, 11) is 0. The number of hydrogen-bond acceptors (Lipinski definition) is 2. The number of nitrogens with one attached hydrogen (secondary N) is 1. The molecule has 0 aliphatic rings. The Morgan fingerprint density at radius 3 is 2.57 bits per heavy atom. The van der Waals surface area contributed by atoms with Gasteiger partial charge in [0.05, 0.1) is 5.56 Å². The summed E-state index contributed by atoms with van der Waals surface area (Å²) in [4.78, 5) is 16.2. The van der Waals surface area contributed by atoms with E-state index in [0.29, 0.717) is 5.56 Å². The first-order valence-corrected chi connectivity index (χ1v) is 7.33. The summed E-state index contributed by atoms with van der Waals surface area (Å²) in [5.41, 5.74) is 1.36. The molecule has 0 radical (unpaired) electrons. The van der Waals surface area contributed by atoms with Crippen LogP contribution in [0.2, 0.25) is 5.15 Å². The van der Waals surface area contributed by atoms with Crippen LogP contribution in [-0.2, 0) is 6.42 Å². The second-order valence-corrected chi connectivity index (χ2v) is 6.02. The quantitative estimate of drug-likeness (QED) is 0.852. The van der Waals surface area contributed by atoms with E-state index in [0.717, 1.165) is 12.8 Å². The minimum atomic E-state index is -0.313. The number of rotatable bonds is 5. The van der Waals surface area contributed by atoms with E-state index in [4.69, 9.17) is 11.6 Å². The molecule has 0 fully saturated rings. The zero-order valence-corrected chi connectivity index (χ0v) is 13.0. The highest BCUT2D eigenvalue weighted by atomic mass is 35.5. The number of halogens is 1. The van der Waals surface area contributed by atoms with Crippen LogP contribution in [0, 0.1) is 0 Å². The lowest BCUT2D eigenvalue weighted by Gasteiger charge is -2.26. The predicted molar refractivity (Wildman–Crippen MR) is 85.6 cm³/mol. The maximum atomic E-state index is 12.3. The van der Waals surface area contributed by atoms with Gasteiger partial charge in [0.25, 0.3) is 5.91 Å². The summed E-state index contributed by atoms with van der Waals surface area (Å²) in [6, 6.07) is 13.6. The molecule has 21 heavy (non-hydrogen) atoms. The van der Waals surface area contributed by atoms with Crippen LogP contribution in [0.4, 0.5) is 0 Å². The Labute approximate surface area is 130 Å². The molecule has 1 N–H and O–H groups in total. The summed E-state index contributed by atoms with van der Waals surface area (Å²) >= 11 is 5.95. The summed E-state index contributed by atoms with van der Waals surface area (Å²) < 4.78 is 0. The minimum absolute atomic E-state index is 0.189. The molecule has 1 aromatic carbocycles. The second-order valence-electron chi connectivity index (χ2n) is 5.67. The van der Waals surface area contributed by atoms with Crippen LogP contribution in [0.25, 0.3) is 0 Å². The molecule has 4 heteroatoms. The molecule has 1 heterocycles. The molecular weight excluding hydrogens is 284 g/mol. The number of aryl methyl sites for hydroxylation is 1. The number of carbonyl (C=O) groups excluding carboxylic acids is 1. The Kier molecular flexibility index (Phi) is 4.97. The summed E-state index contributed by atoms with van der Waals surface area (Å²) in [6.07, 6.45) is 3.33. The van der Waals surface area contributed by atoms with Gasteiger partial charge in [0.1, 0.15) is 5.15 Å². The zero-order valence-electron chi connectivity index (χ0n) is 12.3. The predicted octanol–water partition coefficient (Wildman–Crippen LogP) is 3.88. The van der Waals surface area contributed by atoms with Crippen LogP contribution in [-0.4, -0.2) is 16.4 Å². The molecule has 0 unspecified atom stereocenters. The van der Waals surface area contributed by atoms with Gasteiger partial charge in [-0.25, -0.2) is 4.98 Å². The third kappa shape index (κ3) is 4.57. The van der Waals surface area contributed by atoms with Gasteiger partial charge in [-0.1, -0.05) is 41.9 Å². The van der Waals surface area contributed by atoms with E-state index in [-0.39, 0.29) is 16.6 Å². The number of pyridine rings is 1. The number of nitrogens with zero attached hydrogens (tertiary/aromatic N) is 1. The first-order valence-electron chi connectivity index (χ1n) is 6.95. The fourth-order valence-corrected chi connectivity index (χ4v) is 2.30. The van der Waals surface area contributed by atoms with Gasteiger partial charge in [0.2, 0.25) is 0 Å². The van der Waals surface area contributed by atoms with Crippen molar-refractivity contribution >= 4 is 17.5 Å². The Bertz CT molecular complexity index is 611. The highest BCUT2D eigenvalue weighted by Gasteiger charge is 2.22. The second kappa shape index (κ2) is 6.72. The van der Waals surface area contributed by atoms with Crippen LogP contribution < -0.4 is 5.32 Å². The Hall–Kier alpha value is -1.87. The molecule has 0 saturated heterocycles. The summed E-state index contributed by atoms with van der Waals surface area (Å²) in [6.45, 7) is 4.02. The molecule has 0 aliphatic carbocycles. The third-order valence-corrected chi connectivity index (χ3v) is 3.64. The summed E-state index contributed by atoms with van der Waals surface area (Å²) in [5, 5.41) is 3.25. The highest BCUT2D eigenvalue weighted by Crippen LogP contribution is 2.17. The number of benzene rings is 1. The molecule has 0 saturated carbocycles. The molecule has 3 nitrogen and oxygen atoms in total. The van der Waals surface area contributed by atoms with Crippen molar-refractivity contribution in [3.05, 3.63) is 64.9 Å². The van der Waals surface area contributed by atoms with Crippen molar-refractivity contribution < 1.29 is 4.79 Å². The molecule has 0 aliphatic heterocycles. The maximum Gasteiger partial charge on any atom is 0.254 e. The average Bonchev–Trinajstić information content (AvgIpc) is 2.46. The van der Waals surface area contributed by atoms with E-state index < -0.39 is 0 Å². The molecule has 0 atom stereocenters. The fraction of sp³-hybridized carbons (Fsp3) is 0.294. The van der Waals surface area contributed by atoms with Gasteiger partial charge in [0, 0.05) is 11.7 Å². The van der Waals surface area contributed by atoms with E-state index in [1.54, 1.807) is 18.3 Å². The number of amides is 1. The first kappa shape index (κ1) is 15.5. The Morgan fingerprint density at radius 1 is 1.19 bits per heavy atom. The van der Waals surface area contributed by atoms with Crippen molar-refractivity contribution in [2.75, 3.05) is 0 Å². The molecule has 0 spiro atoms. The van der Waals surface area contributed by atoms with Gasteiger partial charge in [-0.3, -0.25) is 4.79 Å². The van der Waals surface area contributed by atoms with Crippen LogP contribution in [0.15, 0.2) is 48.7 Å². The van der Waals surface area contributed by atoms with E-state index in [2.05, 4.69) is 22.4 Å².